The van der Waals surface area contributed by atoms with E-state index >= 15 is 0 Å². The third kappa shape index (κ3) is 4.79. The van der Waals surface area contributed by atoms with Crippen molar-refractivity contribution in [3.05, 3.63) is 16.1 Å². The van der Waals surface area contributed by atoms with Crippen LogP contribution in [0, 0.1) is 6.92 Å². The van der Waals surface area contributed by atoms with Crippen LogP contribution in [0.5, 0.6) is 0 Å². The van der Waals surface area contributed by atoms with E-state index in [4.69, 9.17) is 10.2 Å². The van der Waals surface area contributed by atoms with Crippen LogP contribution in [0.15, 0.2) is 6.20 Å². The molecule has 1 heterocycles. The van der Waals surface area contributed by atoms with Crippen molar-refractivity contribution in [3.63, 3.8) is 0 Å². The molecule has 2 amide bonds. The van der Waals surface area contributed by atoms with Crippen LogP contribution in [-0.2, 0) is 11.3 Å². The normalized spacial score (nSPS) is 11.9. The van der Waals surface area contributed by atoms with E-state index in [1.54, 1.807) is 6.20 Å². The van der Waals surface area contributed by atoms with E-state index < -0.39 is 18.1 Å². The van der Waals surface area contributed by atoms with E-state index in [9.17, 15) is 9.59 Å². The number of nitrogens with zero attached hydrogens (tertiary/aromatic N) is 1. The zero-order chi connectivity index (χ0) is 12.8. The second-order valence-electron chi connectivity index (χ2n) is 3.26. The molecule has 0 fully saturated rings. The van der Waals surface area contributed by atoms with Gasteiger partial charge in [-0.1, -0.05) is 0 Å². The van der Waals surface area contributed by atoms with Gasteiger partial charge in [-0.15, -0.1) is 11.3 Å². The molecule has 8 heteroatoms. The molecule has 1 aromatic rings. The molecule has 94 valence electrons. The average Bonchev–Trinajstić information content (AvgIpc) is 2.69. The summed E-state index contributed by atoms with van der Waals surface area (Å²) in [5, 5.41) is 23.0. The van der Waals surface area contributed by atoms with E-state index in [-0.39, 0.29) is 6.54 Å². The number of rotatable bonds is 5. The molecule has 1 atom stereocenters. The Labute approximate surface area is 101 Å². The summed E-state index contributed by atoms with van der Waals surface area (Å²) in [6.45, 7) is 1.85. The molecule has 17 heavy (non-hydrogen) atoms. The molecule has 0 aliphatic heterocycles. The molecule has 1 rings (SSSR count). The summed E-state index contributed by atoms with van der Waals surface area (Å²) >= 11 is 1.46. The maximum Gasteiger partial charge on any atom is 0.334 e. The van der Waals surface area contributed by atoms with Crippen LogP contribution < -0.4 is 10.6 Å². The zero-order valence-electron chi connectivity index (χ0n) is 9.14. The van der Waals surface area contributed by atoms with Crippen LogP contribution in [0.25, 0.3) is 0 Å². The molecule has 0 aliphatic rings. The Balaban J connectivity index is 2.24. The summed E-state index contributed by atoms with van der Waals surface area (Å²) in [6.07, 6.45) is 0.0678. The van der Waals surface area contributed by atoms with Crippen LogP contribution in [0.1, 0.15) is 9.88 Å². The Morgan fingerprint density at radius 3 is 2.76 bits per heavy atom. The topological polar surface area (TPSA) is 112 Å². The van der Waals surface area contributed by atoms with Gasteiger partial charge in [-0.05, 0) is 6.92 Å². The van der Waals surface area contributed by atoms with Gasteiger partial charge >= 0.3 is 12.0 Å². The lowest BCUT2D eigenvalue weighted by molar-refractivity contribution is -0.146. The fourth-order valence-corrected chi connectivity index (χ4v) is 1.73. The minimum atomic E-state index is -1.59. The second-order valence-corrected chi connectivity index (χ2v) is 4.58. The van der Waals surface area contributed by atoms with E-state index in [0.717, 1.165) is 9.88 Å². The first-order valence-electron chi connectivity index (χ1n) is 4.83. The number of amides is 2. The number of carboxylic acid groups (broad SMARTS) is 1. The molecule has 0 aromatic carbocycles. The SMILES string of the molecule is Cc1ncc(CNC(=O)NC[C@H](O)C(=O)O)s1. The standard InChI is InChI=1S/C9H13N3O4S/c1-5-10-2-6(17-5)3-11-9(16)12-4-7(13)8(14)15/h2,7,13H,3-4H2,1H3,(H,14,15)(H2,11,12,16)/t7-/m0/s1. The number of urea groups is 1. The van der Waals surface area contributed by atoms with Gasteiger partial charge < -0.3 is 20.8 Å². The first-order valence-corrected chi connectivity index (χ1v) is 5.64. The molecule has 0 aliphatic carbocycles. The van der Waals surface area contributed by atoms with Gasteiger partial charge in [0.05, 0.1) is 18.1 Å². The molecular formula is C9H13N3O4S. The van der Waals surface area contributed by atoms with Gasteiger partial charge in [0.1, 0.15) is 0 Å². The van der Waals surface area contributed by atoms with Crippen molar-refractivity contribution in [2.75, 3.05) is 6.54 Å². The van der Waals surface area contributed by atoms with E-state index in [1.165, 1.54) is 11.3 Å². The van der Waals surface area contributed by atoms with Crippen molar-refractivity contribution < 1.29 is 19.8 Å². The number of thiazole rings is 1. The largest absolute Gasteiger partial charge is 0.479 e. The lowest BCUT2D eigenvalue weighted by atomic mass is 10.4. The van der Waals surface area contributed by atoms with Crippen LogP contribution in [-0.4, -0.2) is 39.8 Å². The minimum Gasteiger partial charge on any atom is -0.479 e. The fourth-order valence-electron chi connectivity index (χ4n) is 0.994. The Hall–Kier alpha value is -1.67. The Morgan fingerprint density at radius 1 is 1.53 bits per heavy atom. The molecule has 0 unspecified atom stereocenters. The Bertz CT molecular complexity index is 407. The summed E-state index contributed by atoms with van der Waals surface area (Å²) < 4.78 is 0. The van der Waals surface area contributed by atoms with Crippen molar-refractivity contribution in [2.45, 2.75) is 19.6 Å². The van der Waals surface area contributed by atoms with Crippen molar-refractivity contribution in [1.82, 2.24) is 15.6 Å². The number of aromatic nitrogens is 1. The second kappa shape index (κ2) is 6.16. The highest BCUT2D eigenvalue weighted by atomic mass is 32.1. The highest BCUT2D eigenvalue weighted by Crippen LogP contribution is 2.10. The minimum absolute atomic E-state index is 0.320. The summed E-state index contributed by atoms with van der Waals surface area (Å²) in [7, 11) is 0. The summed E-state index contributed by atoms with van der Waals surface area (Å²) in [5.41, 5.74) is 0. The number of hydrogen-bond donors (Lipinski definition) is 4. The number of hydrogen-bond acceptors (Lipinski definition) is 5. The summed E-state index contributed by atoms with van der Waals surface area (Å²) in [4.78, 5) is 26.4. The van der Waals surface area contributed by atoms with Gasteiger partial charge in [-0.3, -0.25) is 0 Å². The number of aryl methyl sites for hydroxylation is 1. The van der Waals surface area contributed by atoms with Crippen LogP contribution >= 0.6 is 11.3 Å². The van der Waals surface area contributed by atoms with Gasteiger partial charge in [-0.2, -0.15) is 0 Å². The molecule has 0 spiro atoms. The first-order chi connectivity index (χ1) is 7.99. The highest BCUT2D eigenvalue weighted by Gasteiger charge is 2.13. The van der Waals surface area contributed by atoms with Gasteiger partial charge in [0.15, 0.2) is 6.10 Å². The average molecular weight is 259 g/mol. The third-order valence-corrected chi connectivity index (χ3v) is 2.75. The highest BCUT2D eigenvalue weighted by molar-refractivity contribution is 7.11. The molecule has 0 radical (unpaired) electrons. The molecule has 0 saturated heterocycles. The van der Waals surface area contributed by atoms with Crippen LogP contribution in [0.2, 0.25) is 0 Å². The molecular weight excluding hydrogens is 246 g/mol. The Kier molecular flexibility index (Phi) is 4.85. The van der Waals surface area contributed by atoms with E-state index in [0.29, 0.717) is 6.54 Å². The molecule has 7 nitrogen and oxygen atoms in total. The number of nitrogens with one attached hydrogen (secondary N) is 2. The number of carbonyl (C=O) groups excluding carboxylic acids is 1. The Morgan fingerprint density at radius 2 is 2.24 bits per heavy atom. The third-order valence-electron chi connectivity index (χ3n) is 1.83. The monoisotopic (exact) mass is 259 g/mol. The number of carbonyl (C=O) groups is 2. The predicted octanol–water partition coefficient (Wildman–Crippen LogP) is -0.304. The van der Waals surface area contributed by atoms with Crippen molar-refractivity contribution in [3.8, 4) is 0 Å². The van der Waals surface area contributed by atoms with Crippen LogP contribution in [0.3, 0.4) is 0 Å². The zero-order valence-corrected chi connectivity index (χ0v) is 9.95. The first kappa shape index (κ1) is 13.4. The lowest BCUT2D eigenvalue weighted by Gasteiger charge is -2.08. The van der Waals surface area contributed by atoms with Gasteiger partial charge in [0.25, 0.3) is 0 Å². The van der Waals surface area contributed by atoms with Gasteiger partial charge in [-0.25, -0.2) is 14.6 Å². The predicted molar refractivity (Wildman–Crippen MR) is 60.7 cm³/mol. The molecule has 0 bridgehead atoms. The van der Waals surface area contributed by atoms with Crippen molar-refractivity contribution >= 4 is 23.3 Å². The fraction of sp³-hybridized carbons (Fsp3) is 0.444. The maximum absolute atomic E-state index is 11.2. The van der Waals surface area contributed by atoms with E-state index in [2.05, 4.69) is 15.6 Å². The van der Waals surface area contributed by atoms with Crippen molar-refractivity contribution in [1.29, 1.82) is 0 Å². The van der Waals surface area contributed by atoms with Crippen molar-refractivity contribution in [2.24, 2.45) is 0 Å². The van der Waals surface area contributed by atoms with E-state index in [1.807, 2.05) is 6.92 Å². The number of aliphatic hydroxyl groups excluding tert-OH is 1. The quantitative estimate of drug-likeness (QED) is 0.580. The van der Waals surface area contributed by atoms with Gasteiger partial charge in [0, 0.05) is 11.1 Å². The van der Waals surface area contributed by atoms with Crippen LogP contribution in [0.4, 0.5) is 4.79 Å². The van der Waals surface area contributed by atoms with Gasteiger partial charge in [0.2, 0.25) is 0 Å². The smallest absolute Gasteiger partial charge is 0.334 e. The lowest BCUT2D eigenvalue weighted by Crippen LogP contribution is -2.41. The molecule has 0 saturated carbocycles. The maximum atomic E-state index is 11.2. The number of aliphatic carboxylic acids is 1. The molecule has 1 aromatic heterocycles. The summed E-state index contributed by atoms with van der Waals surface area (Å²) in [5.74, 6) is -1.37. The molecule has 4 N–H and O–H groups in total. The summed E-state index contributed by atoms with van der Waals surface area (Å²) in [6, 6.07) is -0.531. The number of carboxylic acids is 1. The number of aliphatic hydroxyl groups is 1.